The minimum Gasteiger partial charge on any atom is -0.461 e. The molecular formula is C12H15NO. The van der Waals surface area contributed by atoms with Crippen LogP contribution in [-0.2, 0) is 6.42 Å². The first-order valence-corrected chi connectivity index (χ1v) is 4.91. The van der Waals surface area contributed by atoms with Crippen LogP contribution < -0.4 is 5.73 Å². The van der Waals surface area contributed by atoms with Crippen LogP contribution in [0.25, 0.3) is 11.0 Å². The highest BCUT2D eigenvalue weighted by Crippen LogP contribution is 2.26. The van der Waals surface area contributed by atoms with E-state index in [0.29, 0.717) is 6.54 Å². The Morgan fingerprint density at radius 1 is 1.29 bits per heavy atom. The molecule has 0 unspecified atom stereocenters. The van der Waals surface area contributed by atoms with Gasteiger partial charge >= 0.3 is 0 Å². The number of furan rings is 1. The number of hydrogen-bond donors (Lipinski definition) is 1. The molecule has 0 saturated heterocycles. The van der Waals surface area contributed by atoms with Crippen molar-refractivity contribution in [2.45, 2.75) is 20.3 Å². The topological polar surface area (TPSA) is 39.2 Å². The van der Waals surface area contributed by atoms with Crippen molar-refractivity contribution in [3.8, 4) is 0 Å². The molecule has 0 atom stereocenters. The highest BCUT2D eigenvalue weighted by molar-refractivity contribution is 5.82. The van der Waals surface area contributed by atoms with Crippen molar-refractivity contribution in [2.75, 3.05) is 6.54 Å². The fourth-order valence-corrected chi connectivity index (χ4v) is 1.75. The number of fused-ring (bicyclic) bond motifs is 1. The van der Waals surface area contributed by atoms with Crippen LogP contribution >= 0.6 is 0 Å². The second-order valence-electron chi connectivity index (χ2n) is 3.69. The zero-order valence-corrected chi connectivity index (χ0v) is 8.63. The molecule has 74 valence electrons. The van der Waals surface area contributed by atoms with Gasteiger partial charge in [0.2, 0.25) is 0 Å². The average Bonchev–Trinajstić information content (AvgIpc) is 2.44. The fraction of sp³-hybridized carbons (Fsp3) is 0.333. The van der Waals surface area contributed by atoms with Gasteiger partial charge in [0, 0.05) is 11.8 Å². The van der Waals surface area contributed by atoms with E-state index < -0.39 is 0 Å². The molecule has 0 saturated carbocycles. The van der Waals surface area contributed by atoms with E-state index in [1.54, 1.807) is 0 Å². The van der Waals surface area contributed by atoms with E-state index in [1.165, 1.54) is 16.5 Å². The number of aryl methyl sites for hydroxylation is 2. The summed E-state index contributed by atoms with van der Waals surface area (Å²) in [6.07, 6.45) is 0.819. The van der Waals surface area contributed by atoms with Crippen molar-refractivity contribution >= 4 is 11.0 Å². The molecule has 1 heterocycles. The quantitative estimate of drug-likeness (QED) is 0.788. The monoisotopic (exact) mass is 189 g/mol. The molecule has 0 aliphatic heterocycles. The molecule has 2 aromatic rings. The maximum Gasteiger partial charge on any atom is 0.134 e. The molecule has 2 rings (SSSR count). The molecule has 0 aliphatic carbocycles. The maximum atomic E-state index is 5.74. The van der Waals surface area contributed by atoms with Crippen LogP contribution in [0.3, 0.4) is 0 Å². The van der Waals surface area contributed by atoms with Gasteiger partial charge in [-0.1, -0.05) is 12.1 Å². The van der Waals surface area contributed by atoms with Crippen LogP contribution in [0, 0.1) is 13.8 Å². The molecule has 2 N–H and O–H groups in total. The van der Waals surface area contributed by atoms with E-state index in [1.807, 2.05) is 0 Å². The van der Waals surface area contributed by atoms with Crippen LogP contribution in [0.1, 0.15) is 16.9 Å². The number of hydrogen-bond acceptors (Lipinski definition) is 2. The van der Waals surface area contributed by atoms with Gasteiger partial charge in [-0.25, -0.2) is 0 Å². The molecule has 2 heteroatoms. The Morgan fingerprint density at radius 3 is 2.79 bits per heavy atom. The minimum atomic E-state index is 0.639. The molecule has 0 amide bonds. The third kappa shape index (κ3) is 1.42. The molecule has 2 nitrogen and oxygen atoms in total. The number of benzene rings is 1. The van der Waals surface area contributed by atoms with Crippen LogP contribution in [-0.4, -0.2) is 6.54 Å². The Morgan fingerprint density at radius 2 is 2.07 bits per heavy atom. The second kappa shape index (κ2) is 3.46. The van der Waals surface area contributed by atoms with Gasteiger partial charge in [0.05, 0.1) is 0 Å². The third-order valence-electron chi connectivity index (χ3n) is 2.56. The van der Waals surface area contributed by atoms with E-state index in [4.69, 9.17) is 10.2 Å². The molecule has 0 bridgehead atoms. The van der Waals surface area contributed by atoms with Crippen LogP contribution in [0.15, 0.2) is 22.6 Å². The first kappa shape index (κ1) is 9.28. The van der Waals surface area contributed by atoms with E-state index in [2.05, 4.69) is 32.0 Å². The summed E-state index contributed by atoms with van der Waals surface area (Å²) in [7, 11) is 0. The lowest BCUT2D eigenvalue weighted by Crippen LogP contribution is -2.02. The van der Waals surface area contributed by atoms with E-state index in [-0.39, 0.29) is 0 Å². The summed E-state index contributed by atoms with van der Waals surface area (Å²) in [4.78, 5) is 0. The predicted octanol–water partition coefficient (Wildman–Crippen LogP) is 2.55. The Hall–Kier alpha value is -1.28. The Labute approximate surface area is 83.7 Å². The standard InChI is InChI=1S/C12H15NO/c1-8-3-4-10-9(2)11(5-6-13)14-12(10)7-8/h3-4,7H,5-6,13H2,1-2H3. The fourth-order valence-electron chi connectivity index (χ4n) is 1.75. The van der Waals surface area contributed by atoms with E-state index >= 15 is 0 Å². The predicted molar refractivity (Wildman–Crippen MR) is 58.4 cm³/mol. The lowest BCUT2D eigenvalue weighted by Gasteiger charge is -1.92. The molecule has 0 aliphatic rings. The maximum absolute atomic E-state index is 5.74. The molecule has 0 fully saturated rings. The summed E-state index contributed by atoms with van der Waals surface area (Å²) in [5.41, 5.74) is 8.95. The molecule has 0 radical (unpaired) electrons. The van der Waals surface area contributed by atoms with Crippen molar-refractivity contribution in [1.29, 1.82) is 0 Å². The molecule has 0 spiro atoms. The minimum absolute atomic E-state index is 0.639. The molecule has 14 heavy (non-hydrogen) atoms. The normalized spacial score (nSPS) is 11.1. The van der Waals surface area contributed by atoms with Crippen LogP contribution in [0.4, 0.5) is 0 Å². The summed E-state index contributed by atoms with van der Waals surface area (Å²) in [5, 5.41) is 1.21. The molecule has 1 aromatic carbocycles. The van der Waals surface area contributed by atoms with E-state index in [0.717, 1.165) is 17.8 Å². The summed E-state index contributed by atoms with van der Waals surface area (Å²) < 4.78 is 5.74. The van der Waals surface area contributed by atoms with Gasteiger partial charge < -0.3 is 10.2 Å². The zero-order valence-electron chi connectivity index (χ0n) is 8.63. The van der Waals surface area contributed by atoms with Crippen molar-refractivity contribution in [2.24, 2.45) is 5.73 Å². The molecular weight excluding hydrogens is 174 g/mol. The van der Waals surface area contributed by atoms with Crippen LogP contribution in [0.5, 0.6) is 0 Å². The largest absolute Gasteiger partial charge is 0.461 e. The first-order valence-electron chi connectivity index (χ1n) is 4.91. The highest BCUT2D eigenvalue weighted by atomic mass is 16.3. The highest BCUT2D eigenvalue weighted by Gasteiger charge is 2.08. The van der Waals surface area contributed by atoms with Crippen molar-refractivity contribution in [3.05, 3.63) is 35.1 Å². The Bertz CT molecular complexity index is 457. The van der Waals surface area contributed by atoms with Crippen molar-refractivity contribution in [1.82, 2.24) is 0 Å². The first-order chi connectivity index (χ1) is 6.72. The summed E-state index contributed by atoms with van der Waals surface area (Å²) in [6.45, 7) is 4.80. The van der Waals surface area contributed by atoms with Crippen molar-refractivity contribution in [3.63, 3.8) is 0 Å². The van der Waals surface area contributed by atoms with Gasteiger partial charge in [-0.15, -0.1) is 0 Å². The number of nitrogens with two attached hydrogens (primary N) is 1. The van der Waals surface area contributed by atoms with Gasteiger partial charge in [0.25, 0.3) is 0 Å². The molecule has 1 aromatic heterocycles. The van der Waals surface area contributed by atoms with Gasteiger partial charge in [0.15, 0.2) is 0 Å². The van der Waals surface area contributed by atoms with Gasteiger partial charge in [-0.2, -0.15) is 0 Å². The van der Waals surface area contributed by atoms with Gasteiger partial charge in [0.1, 0.15) is 11.3 Å². The summed E-state index contributed by atoms with van der Waals surface area (Å²) >= 11 is 0. The SMILES string of the molecule is Cc1ccc2c(C)c(CCN)oc2c1. The van der Waals surface area contributed by atoms with Crippen molar-refractivity contribution < 1.29 is 4.42 Å². The van der Waals surface area contributed by atoms with Gasteiger partial charge in [-0.05, 0) is 37.6 Å². The van der Waals surface area contributed by atoms with E-state index in [9.17, 15) is 0 Å². The zero-order chi connectivity index (χ0) is 10.1. The lowest BCUT2D eigenvalue weighted by atomic mass is 10.1. The Balaban J connectivity index is 2.61. The number of rotatable bonds is 2. The average molecular weight is 189 g/mol. The lowest BCUT2D eigenvalue weighted by molar-refractivity contribution is 0.546. The van der Waals surface area contributed by atoms with Crippen LogP contribution in [0.2, 0.25) is 0 Å². The third-order valence-corrected chi connectivity index (χ3v) is 2.56. The Kier molecular flexibility index (Phi) is 2.30. The summed E-state index contributed by atoms with van der Waals surface area (Å²) in [6, 6.07) is 6.29. The smallest absolute Gasteiger partial charge is 0.134 e. The second-order valence-corrected chi connectivity index (χ2v) is 3.69. The summed E-state index contributed by atoms with van der Waals surface area (Å²) in [5.74, 6) is 1.02. The van der Waals surface area contributed by atoms with Gasteiger partial charge in [-0.3, -0.25) is 0 Å².